The zero-order chi connectivity index (χ0) is 12.3. The molecule has 0 atom stereocenters. The quantitative estimate of drug-likeness (QED) is 0.812. The summed E-state index contributed by atoms with van der Waals surface area (Å²) in [6.07, 6.45) is 1.64. The van der Waals surface area contributed by atoms with Crippen LogP contribution in [0.3, 0.4) is 0 Å². The monoisotopic (exact) mass is 234 g/mol. The molecule has 1 fully saturated rings. The first-order chi connectivity index (χ1) is 8.20. The summed E-state index contributed by atoms with van der Waals surface area (Å²) < 4.78 is 0. The zero-order valence-corrected chi connectivity index (χ0v) is 10.0. The third-order valence-corrected chi connectivity index (χ3v) is 3.21. The fraction of sp³-hybridized carbons (Fsp3) is 0.500. The van der Waals surface area contributed by atoms with E-state index in [-0.39, 0.29) is 11.8 Å². The molecule has 0 radical (unpaired) electrons. The molecule has 1 aliphatic rings. The SMILES string of the molecule is CNc1cccc(N2CCC(C(N)=O)CC2)n1. The molecule has 1 aromatic heterocycles. The van der Waals surface area contributed by atoms with Crippen molar-refractivity contribution in [3.05, 3.63) is 18.2 Å². The van der Waals surface area contributed by atoms with E-state index >= 15 is 0 Å². The number of carbonyl (C=O) groups excluding carboxylic acids is 1. The average molecular weight is 234 g/mol. The Morgan fingerprint density at radius 1 is 1.47 bits per heavy atom. The van der Waals surface area contributed by atoms with Crippen molar-refractivity contribution < 1.29 is 4.79 Å². The Labute approximate surface area is 101 Å². The molecule has 0 unspecified atom stereocenters. The lowest BCUT2D eigenvalue weighted by Gasteiger charge is -2.31. The lowest BCUT2D eigenvalue weighted by atomic mass is 9.96. The van der Waals surface area contributed by atoms with Crippen LogP contribution < -0.4 is 16.0 Å². The number of hydrogen-bond donors (Lipinski definition) is 2. The van der Waals surface area contributed by atoms with E-state index in [0.717, 1.165) is 37.6 Å². The topological polar surface area (TPSA) is 71.2 Å². The number of carbonyl (C=O) groups is 1. The van der Waals surface area contributed by atoms with Gasteiger partial charge in [0.25, 0.3) is 0 Å². The third-order valence-electron chi connectivity index (χ3n) is 3.21. The number of hydrogen-bond acceptors (Lipinski definition) is 4. The second-order valence-electron chi connectivity index (χ2n) is 4.29. The van der Waals surface area contributed by atoms with Gasteiger partial charge in [0.1, 0.15) is 11.6 Å². The van der Waals surface area contributed by atoms with E-state index in [1.54, 1.807) is 0 Å². The van der Waals surface area contributed by atoms with Crippen LogP contribution in [-0.4, -0.2) is 31.0 Å². The predicted molar refractivity (Wildman–Crippen MR) is 67.9 cm³/mol. The highest BCUT2D eigenvalue weighted by atomic mass is 16.1. The maximum absolute atomic E-state index is 11.1. The van der Waals surface area contributed by atoms with Gasteiger partial charge in [0, 0.05) is 26.1 Å². The van der Waals surface area contributed by atoms with E-state index in [9.17, 15) is 4.79 Å². The molecule has 0 aliphatic carbocycles. The largest absolute Gasteiger partial charge is 0.373 e. The molecule has 5 nitrogen and oxygen atoms in total. The summed E-state index contributed by atoms with van der Waals surface area (Å²) in [4.78, 5) is 17.8. The minimum atomic E-state index is -0.179. The van der Waals surface area contributed by atoms with Crippen LogP contribution in [-0.2, 0) is 4.79 Å². The Bertz CT molecular complexity index is 399. The smallest absolute Gasteiger partial charge is 0.220 e. The van der Waals surface area contributed by atoms with Gasteiger partial charge in [0.2, 0.25) is 5.91 Å². The number of nitrogens with zero attached hydrogens (tertiary/aromatic N) is 2. The molecule has 0 aromatic carbocycles. The fourth-order valence-corrected chi connectivity index (χ4v) is 2.13. The van der Waals surface area contributed by atoms with Crippen LogP contribution in [0.15, 0.2) is 18.2 Å². The maximum atomic E-state index is 11.1. The van der Waals surface area contributed by atoms with Gasteiger partial charge in [-0.15, -0.1) is 0 Å². The number of aromatic nitrogens is 1. The van der Waals surface area contributed by atoms with Gasteiger partial charge in [0.15, 0.2) is 0 Å². The first-order valence-corrected chi connectivity index (χ1v) is 5.90. The van der Waals surface area contributed by atoms with Crippen molar-refractivity contribution in [1.82, 2.24) is 4.98 Å². The molecule has 2 heterocycles. The highest BCUT2D eigenvalue weighted by Gasteiger charge is 2.23. The van der Waals surface area contributed by atoms with Crippen molar-refractivity contribution in [2.75, 3.05) is 30.4 Å². The van der Waals surface area contributed by atoms with Crippen molar-refractivity contribution >= 4 is 17.5 Å². The lowest BCUT2D eigenvalue weighted by Crippen LogP contribution is -2.38. The number of amides is 1. The molecule has 1 aromatic rings. The fourth-order valence-electron chi connectivity index (χ4n) is 2.13. The Morgan fingerprint density at radius 2 is 2.18 bits per heavy atom. The van der Waals surface area contributed by atoms with Crippen LogP contribution in [0.25, 0.3) is 0 Å². The molecule has 5 heteroatoms. The minimum Gasteiger partial charge on any atom is -0.373 e. The molecule has 0 spiro atoms. The molecular weight excluding hydrogens is 216 g/mol. The highest BCUT2D eigenvalue weighted by Crippen LogP contribution is 2.22. The van der Waals surface area contributed by atoms with E-state index in [1.807, 2.05) is 25.2 Å². The van der Waals surface area contributed by atoms with Crippen LogP contribution in [0.5, 0.6) is 0 Å². The van der Waals surface area contributed by atoms with Gasteiger partial charge < -0.3 is 16.0 Å². The van der Waals surface area contributed by atoms with E-state index in [1.165, 1.54) is 0 Å². The van der Waals surface area contributed by atoms with E-state index < -0.39 is 0 Å². The lowest BCUT2D eigenvalue weighted by molar-refractivity contribution is -0.122. The van der Waals surface area contributed by atoms with Crippen molar-refractivity contribution in [3.63, 3.8) is 0 Å². The van der Waals surface area contributed by atoms with E-state index in [4.69, 9.17) is 5.73 Å². The van der Waals surface area contributed by atoms with Crippen LogP contribution in [0, 0.1) is 5.92 Å². The van der Waals surface area contributed by atoms with Gasteiger partial charge in [-0.3, -0.25) is 4.79 Å². The Morgan fingerprint density at radius 3 is 2.76 bits per heavy atom. The third kappa shape index (κ3) is 2.67. The van der Waals surface area contributed by atoms with Crippen LogP contribution in [0.2, 0.25) is 0 Å². The van der Waals surface area contributed by atoms with Gasteiger partial charge in [-0.25, -0.2) is 4.98 Å². The number of nitrogens with two attached hydrogens (primary N) is 1. The summed E-state index contributed by atoms with van der Waals surface area (Å²) in [5.41, 5.74) is 5.31. The highest BCUT2D eigenvalue weighted by molar-refractivity contribution is 5.77. The number of piperidine rings is 1. The number of rotatable bonds is 3. The molecule has 1 amide bonds. The van der Waals surface area contributed by atoms with Gasteiger partial charge >= 0.3 is 0 Å². The molecular formula is C12H18N4O. The van der Waals surface area contributed by atoms with Crippen molar-refractivity contribution in [1.29, 1.82) is 0 Å². The number of pyridine rings is 1. The van der Waals surface area contributed by atoms with Crippen LogP contribution >= 0.6 is 0 Å². The number of primary amides is 1. The number of nitrogens with one attached hydrogen (secondary N) is 1. The molecule has 3 N–H and O–H groups in total. The first kappa shape index (κ1) is 11.7. The van der Waals surface area contributed by atoms with Gasteiger partial charge in [-0.2, -0.15) is 0 Å². The maximum Gasteiger partial charge on any atom is 0.220 e. The van der Waals surface area contributed by atoms with Crippen LogP contribution in [0.4, 0.5) is 11.6 Å². The Hall–Kier alpha value is -1.78. The predicted octanol–water partition coefficient (Wildman–Crippen LogP) is 0.825. The molecule has 92 valence electrons. The summed E-state index contributed by atoms with van der Waals surface area (Å²) in [7, 11) is 1.85. The van der Waals surface area contributed by atoms with Crippen molar-refractivity contribution in [3.8, 4) is 0 Å². The van der Waals surface area contributed by atoms with Gasteiger partial charge in [-0.05, 0) is 25.0 Å². The average Bonchev–Trinajstić information content (AvgIpc) is 2.39. The zero-order valence-electron chi connectivity index (χ0n) is 10.0. The molecule has 1 saturated heterocycles. The Balaban J connectivity index is 2.02. The van der Waals surface area contributed by atoms with Crippen molar-refractivity contribution in [2.24, 2.45) is 11.7 Å². The molecule has 0 bridgehead atoms. The van der Waals surface area contributed by atoms with Gasteiger partial charge in [0.05, 0.1) is 0 Å². The standard InChI is InChI=1S/C12H18N4O/c1-14-10-3-2-4-11(15-10)16-7-5-9(6-8-16)12(13)17/h2-4,9H,5-8H2,1H3,(H2,13,17)(H,14,15). The Kier molecular flexibility index (Phi) is 3.46. The van der Waals surface area contributed by atoms with Crippen molar-refractivity contribution in [2.45, 2.75) is 12.8 Å². The summed E-state index contributed by atoms with van der Waals surface area (Å²) in [5.74, 6) is 1.67. The van der Waals surface area contributed by atoms with E-state index in [0.29, 0.717) is 0 Å². The minimum absolute atomic E-state index is 0.0266. The molecule has 1 aliphatic heterocycles. The molecule has 17 heavy (non-hydrogen) atoms. The molecule has 2 rings (SSSR count). The van der Waals surface area contributed by atoms with Gasteiger partial charge in [-0.1, -0.05) is 6.07 Å². The summed E-state index contributed by atoms with van der Waals surface area (Å²) in [5, 5.41) is 3.02. The summed E-state index contributed by atoms with van der Waals surface area (Å²) in [6.45, 7) is 1.68. The molecule has 0 saturated carbocycles. The summed E-state index contributed by atoms with van der Waals surface area (Å²) >= 11 is 0. The number of anilines is 2. The van der Waals surface area contributed by atoms with E-state index in [2.05, 4.69) is 15.2 Å². The second-order valence-corrected chi connectivity index (χ2v) is 4.29. The second kappa shape index (κ2) is 5.03. The summed E-state index contributed by atoms with van der Waals surface area (Å²) in [6, 6.07) is 5.90. The first-order valence-electron chi connectivity index (χ1n) is 5.90. The van der Waals surface area contributed by atoms with Crippen LogP contribution in [0.1, 0.15) is 12.8 Å². The normalized spacial score (nSPS) is 16.9.